The van der Waals surface area contributed by atoms with Gasteiger partial charge in [0.2, 0.25) is 11.8 Å². The molecule has 0 saturated carbocycles. The molecule has 0 saturated heterocycles. The van der Waals surface area contributed by atoms with Gasteiger partial charge in [-0.25, -0.2) is 0 Å². The maximum absolute atomic E-state index is 11.5. The minimum atomic E-state index is -1.20. The molecular weight excluding hydrogens is 276 g/mol. The highest BCUT2D eigenvalue weighted by Gasteiger charge is 2.19. The van der Waals surface area contributed by atoms with Gasteiger partial charge in [-0.15, -0.1) is 0 Å². The van der Waals surface area contributed by atoms with Gasteiger partial charge >= 0.3 is 11.9 Å². The maximum Gasteiger partial charge on any atom is 0.322 e. The third-order valence-corrected chi connectivity index (χ3v) is 2.41. The van der Waals surface area contributed by atoms with Crippen LogP contribution in [0.15, 0.2) is 0 Å². The number of carbonyl (C=O) groups is 4. The third-order valence-electron chi connectivity index (χ3n) is 2.04. The average molecular weight is 292 g/mol. The molecule has 4 N–H and O–H groups in total. The Morgan fingerprint density at radius 1 is 1.05 bits per heavy atom. The second-order valence-electron chi connectivity index (χ2n) is 3.66. The van der Waals surface area contributed by atoms with E-state index in [0.717, 1.165) is 0 Å². The van der Waals surface area contributed by atoms with Gasteiger partial charge in [0.15, 0.2) is 0 Å². The highest BCUT2D eigenvalue weighted by molar-refractivity contribution is 7.80. The molecule has 0 rings (SSSR count). The van der Waals surface area contributed by atoms with Crippen molar-refractivity contribution in [3.63, 3.8) is 0 Å². The van der Waals surface area contributed by atoms with Crippen molar-refractivity contribution in [2.45, 2.75) is 25.3 Å². The number of nitrogens with one attached hydrogen (secondary N) is 2. The number of aliphatic carboxylic acids is 2. The lowest BCUT2D eigenvalue weighted by Gasteiger charge is -2.15. The molecule has 0 aromatic rings. The average Bonchev–Trinajstić information content (AvgIpc) is 2.32. The zero-order chi connectivity index (χ0) is 14.8. The van der Waals surface area contributed by atoms with Crippen LogP contribution in [0.4, 0.5) is 0 Å². The number of carboxylic acid groups (broad SMARTS) is 2. The van der Waals surface area contributed by atoms with Gasteiger partial charge < -0.3 is 20.8 Å². The van der Waals surface area contributed by atoms with Crippen LogP contribution < -0.4 is 10.6 Å². The molecule has 9 heteroatoms. The monoisotopic (exact) mass is 292 g/mol. The summed E-state index contributed by atoms with van der Waals surface area (Å²) in [5.74, 6) is -3.32. The quantitative estimate of drug-likeness (QED) is 0.341. The summed E-state index contributed by atoms with van der Waals surface area (Å²) in [7, 11) is 0. The summed E-state index contributed by atoms with van der Waals surface area (Å²) in [6.45, 7) is -0.544. The van der Waals surface area contributed by atoms with Crippen LogP contribution in [0.5, 0.6) is 0 Å². The van der Waals surface area contributed by atoms with Crippen molar-refractivity contribution < 1.29 is 29.4 Å². The van der Waals surface area contributed by atoms with E-state index >= 15 is 0 Å². The standard InChI is InChI=1S/C10H16N2O6S/c13-7(2-1-3-8(14)15)12-6(5-19)10(18)11-4-9(16)17/h6,19H,1-5H2,(H,11,18)(H,12,13)(H,14,15)(H,16,17). The van der Waals surface area contributed by atoms with Crippen LogP contribution >= 0.6 is 12.6 Å². The van der Waals surface area contributed by atoms with E-state index in [1.807, 2.05) is 0 Å². The fraction of sp³-hybridized carbons (Fsp3) is 0.600. The first-order valence-corrected chi connectivity index (χ1v) is 6.11. The highest BCUT2D eigenvalue weighted by Crippen LogP contribution is 1.97. The molecule has 0 heterocycles. The normalized spacial score (nSPS) is 11.4. The molecule has 1 atom stereocenters. The molecule has 0 aromatic carbocycles. The fourth-order valence-corrected chi connectivity index (χ4v) is 1.40. The number of hydrogen-bond donors (Lipinski definition) is 5. The number of thiol groups is 1. The van der Waals surface area contributed by atoms with E-state index in [9.17, 15) is 19.2 Å². The molecule has 0 fully saturated rings. The molecule has 0 aliphatic heterocycles. The van der Waals surface area contributed by atoms with Crippen molar-refractivity contribution in [2.24, 2.45) is 0 Å². The highest BCUT2D eigenvalue weighted by atomic mass is 32.1. The molecule has 0 aliphatic carbocycles. The predicted octanol–water partition coefficient (Wildman–Crippen LogP) is -1.14. The van der Waals surface area contributed by atoms with Gasteiger partial charge in [-0.05, 0) is 6.42 Å². The van der Waals surface area contributed by atoms with E-state index in [1.54, 1.807) is 0 Å². The predicted molar refractivity (Wildman–Crippen MR) is 67.9 cm³/mol. The number of hydrogen-bond acceptors (Lipinski definition) is 5. The molecule has 0 aromatic heterocycles. The first kappa shape index (κ1) is 17.2. The lowest BCUT2D eigenvalue weighted by molar-refractivity contribution is -0.138. The maximum atomic E-state index is 11.5. The van der Waals surface area contributed by atoms with Crippen molar-refractivity contribution in [1.82, 2.24) is 10.6 Å². The molecule has 0 bridgehead atoms. The summed E-state index contributed by atoms with van der Waals surface area (Å²) in [5, 5.41) is 21.3. The van der Waals surface area contributed by atoms with Crippen LogP contribution in [0, 0.1) is 0 Å². The molecule has 1 unspecified atom stereocenters. The van der Waals surface area contributed by atoms with E-state index in [4.69, 9.17) is 10.2 Å². The largest absolute Gasteiger partial charge is 0.481 e. The van der Waals surface area contributed by atoms with Crippen molar-refractivity contribution in [2.75, 3.05) is 12.3 Å². The van der Waals surface area contributed by atoms with Crippen LogP contribution in [0.1, 0.15) is 19.3 Å². The summed E-state index contributed by atoms with van der Waals surface area (Å²) < 4.78 is 0. The summed E-state index contributed by atoms with van der Waals surface area (Å²) >= 11 is 3.88. The molecule has 19 heavy (non-hydrogen) atoms. The Morgan fingerprint density at radius 3 is 2.16 bits per heavy atom. The lowest BCUT2D eigenvalue weighted by atomic mass is 10.2. The summed E-state index contributed by atoms with van der Waals surface area (Å²) in [5.41, 5.74) is 0. The van der Waals surface area contributed by atoms with Gasteiger partial charge in [0.25, 0.3) is 0 Å². The number of rotatable bonds is 9. The summed E-state index contributed by atoms with van der Waals surface area (Å²) in [6.07, 6.45) is 0.00413. The van der Waals surface area contributed by atoms with E-state index in [-0.39, 0.29) is 25.0 Å². The van der Waals surface area contributed by atoms with Gasteiger partial charge in [0.1, 0.15) is 12.6 Å². The second-order valence-corrected chi connectivity index (χ2v) is 4.03. The minimum Gasteiger partial charge on any atom is -0.481 e. The molecular formula is C10H16N2O6S. The van der Waals surface area contributed by atoms with Crippen molar-refractivity contribution >= 4 is 36.4 Å². The molecule has 0 spiro atoms. The van der Waals surface area contributed by atoms with Crippen LogP contribution in [0.3, 0.4) is 0 Å². The summed E-state index contributed by atoms with van der Waals surface area (Å²) in [4.78, 5) is 43.4. The second kappa shape index (κ2) is 9.20. The third kappa shape index (κ3) is 8.89. The Kier molecular flexibility index (Phi) is 8.34. The number of carboxylic acids is 2. The molecule has 2 amide bonds. The molecule has 8 nitrogen and oxygen atoms in total. The smallest absolute Gasteiger partial charge is 0.322 e. The van der Waals surface area contributed by atoms with Crippen LogP contribution in [-0.2, 0) is 19.2 Å². The van der Waals surface area contributed by atoms with Gasteiger partial charge in [-0.2, -0.15) is 12.6 Å². The Bertz CT molecular complexity index is 360. The van der Waals surface area contributed by atoms with Crippen LogP contribution in [-0.4, -0.2) is 52.3 Å². The summed E-state index contributed by atoms with van der Waals surface area (Å²) in [6, 6.07) is -0.944. The van der Waals surface area contributed by atoms with Crippen molar-refractivity contribution in [3.05, 3.63) is 0 Å². The van der Waals surface area contributed by atoms with Crippen molar-refractivity contribution in [3.8, 4) is 0 Å². The first-order chi connectivity index (χ1) is 8.86. The van der Waals surface area contributed by atoms with Gasteiger partial charge in [-0.3, -0.25) is 19.2 Å². The molecule has 0 aliphatic rings. The number of amides is 2. The fourth-order valence-electron chi connectivity index (χ4n) is 1.15. The zero-order valence-electron chi connectivity index (χ0n) is 10.1. The van der Waals surface area contributed by atoms with Crippen LogP contribution in [0.2, 0.25) is 0 Å². The zero-order valence-corrected chi connectivity index (χ0v) is 11.0. The van der Waals surface area contributed by atoms with Crippen molar-refractivity contribution in [1.29, 1.82) is 0 Å². The van der Waals surface area contributed by atoms with Gasteiger partial charge in [-0.1, -0.05) is 0 Å². The van der Waals surface area contributed by atoms with Crippen LogP contribution in [0.25, 0.3) is 0 Å². The Balaban J connectivity index is 4.09. The van der Waals surface area contributed by atoms with E-state index in [2.05, 4.69) is 23.3 Å². The van der Waals surface area contributed by atoms with E-state index < -0.39 is 36.3 Å². The van der Waals surface area contributed by atoms with Gasteiger partial charge in [0.05, 0.1) is 0 Å². The Hall–Kier alpha value is -1.77. The SMILES string of the molecule is O=C(O)CCCC(=O)NC(CS)C(=O)NCC(=O)O. The Labute approximate surface area is 115 Å². The minimum absolute atomic E-state index is 0.0100. The lowest BCUT2D eigenvalue weighted by Crippen LogP contribution is -2.48. The molecule has 108 valence electrons. The Morgan fingerprint density at radius 2 is 1.68 bits per heavy atom. The topological polar surface area (TPSA) is 133 Å². The number of carbonyl (C=O) groups excluding carboxylic acids is 2. The van der Waals surface area contributed by atoms with E-state index in [0.29, 0.717) is 0 Å². The first-order valence-electron chi connectivity index (χ1n) is 5.48. The van der Waals surface area contributed by atoms with E-state index in [1.165, 1.54) is 0 Å². The molecule has 0 radical (unpaired) electrons. The van der Waals surface area contributed by atoms with Gasteiger partial charge in [0, 0.05) is 18.6 Å².